The summed E-state index contributed by atoms with van der Waals surface area (Å²) in [5, 5.41) is 4.38. The molecular formula is C16H12Cl2N2OS2. The highest BCUT2D eigenvalue weighted by atomic mass is 35.5. The van der Waals surface area contributed by atoms with E-state index in [-0.39, 0.29) is 5.91 Å². The van der Waals surface area contributed by atoms with Gasteiger partial charge in [-0.3, -0.25) is 10.1 Å². The maximum atomic E-state index is 12.4. The Balaban J connectivity index is 1.87. The van der Waals surface area contributed by atoms with E-state index < -0.39 is 0 Å². The molecular weight excluding hydrogens is 371 g/mol. The number of rotatable bonds is 4. The molecule has 3 aromatic rings. The molecule has 23 heavy (non-hydrogen) atoms. The molecule has 0 unspecified atom stereocenters. The van der Waals surface area contributed by atoms with Crippen molar-refractivity contribution in [3.05, 3.63) is 52.0 Å². The summed E-state index contributed by atoms with van der Waals surface area (Å²) in [5.41, 5.74) is 1.20. The third-order valence-corrected chi connectivity index (χ3v) is 5.69. The number of thioether (sulfide) groups is 1. The van der Waals surface area contributed by atoms with Crippen LogP contribution in [-0.4, -0.2) is 16.6 Å². The number of carbonyl (C=O) groups is 1. The van der Waals surface area contributed by atoms with E-state index in [1.54, 1.807) is 30.0 Å². The fourth-order valence-electron chi connectivity index (χ4n) is 2.06. The zero-order valence-electron chi connectivity index (χ0n) is 12.1. The van der Waals surface area contributed by atoms with Crippen molar-refractivity contribution in [3.63, 3.8) is 0 Å². The van der Waals surface area contributed by atoms with Crippen molar-refractivity contribution >= 4 is 67.6 Å². The highest BCUT2D eigenvalue weighted by molar-refractivity contribution is 7.99. The summed E-state index contributed by atoms with van der Waals surface area (Å²) in [6.45, 7) is 2.08. The number of hydrogen-bond acceptors (Lipinski definition) is 4. The van der Waals surface area contributed by atoms with Gasteiger partial charge < -0.3 is 0 Å². The molecule has 7 heteroatoms. The Morgan fingerprint density at radius 3 is 2.78 bits per heavy atom. The summed E-state index contributed by atoms with van der Waals surface area (Å²) in [6.07, 6.45) is 0. The van der Waals surface area contributed by atoms with Crippen LogP contribution in [-0.2, 0) is 0 Å². The van der Waals surface area contributed by atoms with E-state index in [9.17, 15) is 4.79 Å². The molecule has 3 rings (SSSR count). The molecule has 0 aliphatic rings. The van der Waals surface area contributed by atoms with Crippen molar-refractivity contribution in [2.75, 3.05) is 11.1 Å². The van der Waals surface area contributed by atoms with Crippen molar-refractivity contribution in [1.29, 1.82) is 0 Å². The van der Waals surface area contributed by atoms with Crippen LogP contribution in [0, 0.1) is 0 Å². The first-order valence-corrected chi connectivity index (χ1v) is 9.43. The third-order valence-electron chi connectivity index (χ3n) is 3.07. The molecule has 0 spiro atoms. The predicted octanol–water partition coefficient (Wildman–Crippen LogP) is 5.97. The molecule has 0 fully saturated rings. The van der Waals surface area contributed by atoms with Crippen LogP contribution in [0.2, 0.25) is 10.0 Å². The Kier molecular flexibility index (Phi) is 5.11. The molecule has 0 atom stereocenters. The number of thiazole rings is 1. The zero-order chi connectivity index (χ0) is 16.4. The molecule has 0 radical (unpaired) electrons. The van der Waals surface area contributed by atoms with Crippen LogP contribution in [0.15, 0.2) is 41.3 Å². The first-order chi connectivity index (χ1) is 11.1. The van der Waals surface area contributed by atoms with Gasteiger partial charge in [0.1, 0.15) is 5.52 Å². The van der Waals surface area contributed by atoms with E-state index in [1.807, 2.05) is 18.2 Å². The lowest BCUT2D eigenvalue weighted by Gasteiger charge is -2.04. The van der Waals surface area contributed by atoms with Gasteiger partial charge in [-0.2, -0.15) is 0 Å². The molecule has 0 saturated carbocycles. The summed E-state index contributed by atoms with van der Waals surface area (Å²) >= 11 is 15.3. The Labute approximate surface area is 152 Å². The maximum Gasteiger partial charge on any atom is 0.257 e. The van der Waals surface area contributed by atoms with Crippen molar-refractivity contribution in [3.8, 4) is 0 Å². The lowest BCUT2D eigenvalue weighted by atomic mass is 10.2. The van der Waals surface area contributed by atoms with Gasteiger partial charge in [-0.1, -0.05) is 47.5 Å². The van der Waals surface area contributed by atoms with Gasteiger partial charge in [-0.15, -0.1) is 11.8 Å². The van der Waals surface area contributed by atoms with Gasteiger partial charge in [0.05, 0.1) is 14.7 Å². The predicted molar refractivity (Wildman–Crippen MR) is 100 cm³/mol. The number of nitrogens with zero attached hydrogens (tertiary/aromatic N) is 1. The topological polar surface area (TPSA) is 42.0 Å². The van der Waals surface area contributed by atoms with E-state index in [1.165, 1.54) is 11.3 Å². The largest absolute Gasteiger partial charge is 0.298 e. The smallest absolute Gasteiger partial charge is 0.257 e. The average Bonchev–Trinajstić information content (AvgIpc) is 2.97. The van der Waals surface area contributed by atoms with Gasteiger partial charge in [-0.05, 0) is 36.1 Å². The molecule has 1 aromatic heterocycles. The van der Waals surface area contributed by atoms with Gasteiger partial charge in [0.15, 0.2) is 5.13 Å². The van der Waals surface area contributed by atoms with Crippen LogP contribution in [0.5, 0.6) is 0 Å². The van der Waals surface area contributed by atoms with Gasteiger partial charge in [0.2, 0.25) is 0 Å². The number of benzene rings is 2. The van der Waals surface area contributed by atoms with E-state index >= 15 is 0 Å². The zero-order valence-corrected chi connectivity index (χ0v) is 15.2. The molecule has 0 saturated heterocycles. The van der Waals surface area contributed by atoms with Crippen LogP contribution >= 0.6 is 46.3 Å². The Hall–Kier alpha value is -1.27. The number of nitrogens with one attached hydrogen (secondary N) is 1. The van der Waals surface area contributed by atoms with Crippen LogP contribution in [0.4, 0.5) is 5.13 Å². The Bertz CT molecular complexity index is 841. The summed E-state index contributed by atoms with van der Waals surface area (Å²) in [4.78, 5) is 17.8. The molecule has 1 amide bonds. The van der Waals surface area contributed by atoms with Gasteiger partial charge in [0.25, 0.3) is 5.91 Å². The van der Waals surface area contributed by atoms with Crippen molar-refractivity contribution in [2.24, 2.45) is 0 Å². The number of carbonyl (C=O) groups excluding carboxylic acids is 1. The second-order valence-electron chi connectivity index (χ2n) is 4.64. The fraction of sp³-hybridized carbons (Fsp3) is 0.125. The second kappa shape index (κ2) is 7.09. The number of anilines is 1. The molecule has 1 heterocycles. The molecule has 0 aliphatic heterocycles. The molecule has 3 nitrogen and oxygen atoms in total. The lowest BCUT2D eigenvalue weighted by Crippen LogP contribution is -2.11. The van der Waals surface area contributed by atoms with Crippen LogP contribution in [0.3, 0.4) is 0 Å². The van der Waals surface area contributed by atoms with Crippen LogP contribution in [0.1, 0.15) is 17.3 Å². The van der Waals surface area contributed by atoms with Crippen molar-refractivity contribution < 1.29 is 4.79 Å². The summed E-state index contributed by atoms with van der Waals surface area (Å²) in [7, 11) is 0. The molecule has 2 aromatic carbocycles. The summed E-state index contributed by atoms with van der Waals surface area (Å²) in [6, 6.07) is 10.9. The van der Waals surface area contributed by atoms with Crippen molar-refractivity contribution in [1.82, 2.24) is 4.98 Å². The van der Waals surface area contributed by atoms with E-state index in [0.29, 0.717) is 26.3 Å². The Morgan fingerprint density at radius 1 is 1.26 bits per heavy atom. The normalized spacial score (nSPS) is 10.9. The second-order valence-corrected chi connectivity index (χ2v) is 7.79. The van der Waals surface area contributed by atoms with Crippen LogP contribution in [0.25, 0.3) is 10.2 Å². The minimum absolute atomic E-state index is 0.199. The first kappa shape index (κ1) is 16.6. The molecule has 118 valence electrons. The number of hydrogen-bond donors (Lipinski definition) is 1. The monoisotopic (exact) mass is 382 g/mol. The highest BCUT2D eigenvalue weighted by Crippen LogP contribution is 2.36. The SMILES string of the molecule is CCSc1cccc(C(=O)Nc2nc3c(Cl)ccc(Cl)c3s2)c1. The number of amides is 1. The van der Waals surface area contributed by atoms with Gasteiger partial charge in [-0.25, -0.2) is 4.98 Å². The van der Waals surface area contributed by atoms with E-state index in [2.05, 4.69) is 17.2 Å². The molecule has 1 N–H and O–H groups in total. The average molecular weight is 383 g/mol. The van der Waals surface area contributed by atoms with Gasteiger partial charge in [0, 0.05) is 10.5 Å². The maximum absolute atomic E-state index is 12.4. The quantitative estimate of drug-likeness (QED) is 0.565. The molecule has 0 aliphatic carbocycles. The van der Waals surface area contributed by atoms with E-state index in [0.717, 1.165) is 15.3 Å². The Morgan fingerprint density at radius 2 is 2.04 bits per heavy atom. The molecule has 0 bridgehead atoms. The first-order valence-electron chi connectivity index (χ1n) is 6.87. The minimum atomic E-state index is -0.199. The fourth-order valence-corrected chi connectivity index (χ4v) is 4.20. The minimum Gasteiger partial charge on any atom is -0.298 e. The number of halogens is 2. The standard InChI is InChI=1S/C16H12Cl2N2OS2/c1-2-22-10-5-3-4-9(8-10)15(21)20-16-19-13-11(17)6-7-12(18)14(13)23-16/h3-8H,2H2,1H3,(H,19,20,21). The summed E-state index contributed by atoms with van der Waals surface area (Å²) < 4.78 is 0.768. The van der Waals surface area contributed by atoms with E-state index in [4.69, 9.17) is 23.2 Å². The number of aromatic nitrogens is 1. The number of fused-ring (bicyclic) bond motifs is 1. The summed E-state index contributed by atoms with van der Waals surface area (Å²) in [5.74, 6) is 0.759. The van der Waals surface area contributed by atoms with Crippen molar-refractivity contribution in [2.45, 2.75) is 11.8 Å². The van der Waals surface area contributed by atoms with Crippen LogP contribution < -0.4 is 5.32 Å². The van der Waals surface area contributed by atoms with Gasteiger partial charge >= 0.3 is 0 Å². The third kappa shape index (κ3) is 3.63. The highest BCUT2D eigenvalue weighted by Gasteiger charge is 2.14. The lowest BCUT2D eigenvalue weighted by molar-refractivity contribution is 0.102.